The van der Waals surface area contributed by atoms with E-state index in [2.05, 4.69) is 0 Å². The van der Waals surface area contributed by atoms with E-state index in [-0.39, 0.29) is 32.4 Å². The zero-order valence-corrected chi connectivity index (χ0v) is 20.4. The van der Waals surface area contributed by atoms with Gasteiger partial charge >= 0.3 is 0 Å². The molecule has 0 atom stereocenters. The fraction of sp³-hybridized carbons (Fsp3) is 0.208. The van der Waals surface area contributed by atoms with Gasteiger partial charge in [0.05, 0.1) is 26.3 Å². The molecule has 0 saturated carbocycles. The Morgan fingerprint density at radius 2 is 1.53 bits per heavy atom. The van der Waals surface area contributed by atoms with Crippen LogP contribution in [0.4, 0.5) is 15.8 Å². The van der Waals surface area contributed by atoms with E-state index in [1.807, 2.05) is 4.90 Å². The highest BCUT2D eigenvalue weighted by atomic mass is 35.5. The van der Waals surface area contributed by atoms with Crippen LogP contribution in [-0.2, 0) is 14.8 Å². The van der Waals surface area contributed by atoms with Crippen LogP contribution in [0.1, 0.15) is 0 Å². The first kappa shape index (κ1) is 24.3. The van der Waals surface area contributed by atoms with E-state index in [0.717, 1.165) is 4.31 Å². The van der Waals surface area contributed by atoms with Crippen LogP contribution in [0.25, 0.3) is 0 Å². The van der Waals surface area contributed by atoms with Gasteiger partial charge in [0.1, 0.15) is 12.4 Å². The Morgan fingerprint density at radius 1 is 0.882 bits per heavy atom. The highest BCUT2D eigenvalue weighted by Crippen LogP contribution is 2.35. The fourth-order valence-electron chi connectivity index (χ4n) is 3.83. The van der Waals surface area contributed by atoms with Gasteiger partial charge in [0, 0.05) is 26.2 Å². The third-order valence-electron chi connectivity index (χ3n) is 5.64. The Morgan fingerprint density at radius 3 is 2.21 bits per heavy atom. The molecular weight excluding hydrogens is 500 g/mol. The van der Waals surface area contributed by atoms with Gasteiger partial charge in [0.25, 0.3) is 10.0 Å². The van der Waals surface area contributed by atoms with E-state index in [1.165, 1.54) is 24.3 Å². The first-order chi connectivity index (χ1) is 16.3. The molecule has 1 heterocycles. The lowest BCUT2D eigenvalue weighted by Crippen LogP contribution is -2.52. The van der Waals surface area contributed by atoms with Crippen molar-refractivity contribution in [2.75, 3.05) is 41.9 Å². The maximum absolute atomic E-state index is 14.1. The van der Waals surface area contributed by atoms with E-state index >= 15 is 0 Å². The van der Waals surface area contributed by atoms with Gasteiger partial charge in [-0.25, -0.2) is 12.8 Å². The monoisotopic (exact) mass is 521 g/mol. The summed E-state index contributed by atoms with van der Waals surface area (Å²) in [4.78, 5) is 16.7. The fourth-order valence-corrected chi connectivity index (χ4v) is 5.73. The van der Waals surface area contributed by atoms with Crippen LogP contribution >= 0.6 is 23.2 Å². The summed E-state index contributed by atoms with van der Waals surface area (Å²) in [5.74, 6) is -0.707. The molecule has 34 heavy (non-hydrogen) atoms. The number of rotatable bonds is 6. The highest BCUT2D eigenvalue weighted by Gasteiger charge is 2.32. The Bertz CT molecular complexity index is 1280. The molecule has 0 unspecified atom stereocenters. The number of halogens is 3. The van der Waals surface area contributed by atoms with Crippen LogP contribution in [-0.4, -0.2) is 51.9 Å². The second-order valence-corrected chi connectivity index (χ2v) is 10.4. The van der Waals surface area contributed by atoms with Crippen LogP contribution in [0.3, 0.4) is 0 Å². The highest BCUT2D eigenvalue weighted by molar-refractivity contribution is 7.92. The summed E-state index contributed by atoms with van der Waals surface area (Å²) in [6.07, 6.45) is 0. The average molecular weight is 522 g/mol. The number of hydrogen-bond acceptors (Lipinski definition) is 4. The maximum Gasteiger partial charge on any atom is 0.264 e. The van der Waals surface area contributed by atoms with Crippen molar-refractivity contribution >= 4 is 50.5 Å². The SMILES string of the molecule is O=C(CN(c1cccc(Cl)c1Cl)S(=O)(=O)c1ccccc1)N1CCN(c2ccccc2F)CC1. The molecule has 0 bridgehead atoms. The number of carbonyl (C=O) groups is 1. The summed E-state index contributed by atoms with van der Waals surface area (Å²) < 4.78 is 42.1. The molecule has 0 aromatic heterocycles. The molecule has 178 valence electrons. The van der Waals surface area contributed by atoms with Crippen molar-refractivity contribution in [3.05, 3.63) is 88.7 Å². The smallest absolute Gasteiger partial charge is 0.264 e. The van der Waals surface area contributed by atoms with E-state index in [4.69, 9.17) is 23.2 Å². The van der Waals surface area contributed by atoms with Crippen molar-refractivity contribution in [1.82, 2.24) is 4.90 Å². The molecule has 1 saturated heterocycles. The van der Waals surface area contributed by atoms with Crippen LogP contribution in [0.15, 0.2) is 77.7 Å². The van der Waals surface area contributed by atoms with Crippen molar-refractivity contribution in [1.29, 1.82) is 0 Å². The minimum atomic E-state index is -4.10. The number of anilines is 2. The van der Waals surface area contributed by atoms with Gasteiger partial charge < -0.3 is 9.80 Å². The second kappa shape index (κ2) is 10.2. The molecule has 1 amide bonds. The summed E-state index contributed by atoms with van der Waals surface area (Å²) in [5.41, 5.74) is 0.602. The summed E-state index contributed by atoms with van der Waals surface area (Å²) in [7, 11) is -4.10. The van der Waals surface area contributed by atoms with Crippen LogP contribution in [0.2, 0.25) is 10.0 Å². The average Bonchev–Trinajstić information content (AvgIpc) is 2.85. The van der Waals surface area contributed by atoms with Crippen LogP contribution < -0.4 is 9.21 Å². The lowest BCUT2D eigenvalue weighted by Gasteiger charge is -2.37. The van der Waals surface area contributed by atoms with Crippen molar-refractivity contribution in [2.24, 2.45) is 0 Å². The Kier molecular flexibility index (Phi) is 7.30. The molecule has 3 aromatic carbocycles. The molecule has 1 fully saturated rings. The first-order valence-electron chi connectivity index (χ1n) is 10.6. The third kappa shape index (κ3) is 4.99. The maximum atomic E-state index is 14.1. The standard InChI is InChI=1S/C24H22Cl2FN3O3S/c25-19-9-6-12-22(24(19)26)30(34(32,33)18-7-2-1-3-8-18)17-23(31)29-15-13-28(14-16-29)21-11-5-4-10-20(21)27/h1-12H,13-17H2. The first-order valence-corrected chi connectivity index (χ1v) is 12.8. The molecule has 1 aliphatic heterocycles. The van der Waals surface area contributed by atoms with Crippen molar-refractivity contribution in [2.45, 2.75) is 4.90 Å². The summed E-state index contributed by atoms with van der Waals surface area (Å²) >= 11 is 12.5. The molecule has 10 heteroatoms. The van der Waals surface area contributed by atoms with E-state index < -0.39 is 16.6 Å². The van der Waals surface area contributed by atoms with Gasteiger partial charge in [-0.15, -0.1) is 0 Å². The Labute approximate surface area is 208 Å². The number of piperazine rings is 1. The van der Waals surface area contributed by atoms with Gasteiger partial charge in [-0.2, -0.15) is 0 Å². The molecule has 1 aliphatic rings. The third-order valence-corrected chi connectivity index (χ3v) is 8.22. The largest absolute Gasteiger partial charge is 0.366 e. The van der Waals surface area contributed by atoms with Gasteiger partial charge in [-0.1, -0.05) is 59.6 Å². The normalized spacial score (nSPS) is 14.2. The second-order valence-electron chi connectivity index (χ2n) is 7.72. The molecule has 0 aliphatic carbocycles. The van der Waals surface area contributed by atoms with Gasteiger partial charge in [0.15, 0.2) is 0 Å². The van der Waals surface area contributed by atoms with E-state index in [0.29, 0.717) is 31.9 Å². The number of nitrogens with zero attached hydrogens (tertiary/aromatic N) is 3. The minimum absolute atomic E-state index is 0.0308. The predicted molar refractivity (Wildman–Crippen MR) is 133 cm³/mol. The van der Waals surface area contributed by atoms with Gasteiger partial charge in [-0.05, 0) is 36.4 Å². The molecule has 0 spiro atoms. The topological polar surface area (TPSA) is 60.9 Å². The van der Waals surface area contributed by atoms with Crippen LogP contribution in [0.5, 0.6) is 0 Å². The quantitative estimate of drug-likeness (QED) is 0.472. The molecule has 0 N–H and O–H groups in total. The molecule has 4 rings (SSSR count). The number of hydrogen-bond donors (Lipinski definition) is 0. The summed E-state index contributed by atoms with van der Waals surface area (Å²) in [6.45, 7) is 1.06. The van der Waals surface area contributed by atoms with Gasteiger partial charge in [0.2, 0.25) is 5.91 Å². The van der Waals surface area contributed by atoms with Crippen LogP contribution in [0, 0.1) is 5.82 Å². The van der Waals surface area contributed by atoms with Crippen molar-refractivity contribution in [3.8, 4) is 0 Å². The number of carbonyl (C=O) groups excluding carboxylic acids is 1. The van der Waals surface area contributed by atoms with Crippen molar-refractivity contribution < 1.29 is 17.6 Å². The number of amides is 1. The zero-order chi connectivity index (χ0) is 24.3. The van der Waals surface area contributed by atoms with Crippen molar-refractivity contribution in [3.63, 3.8) is 0 Å². The van der Waals surface area contributed by atoms with E-state index in [9.17, 15) is 17.6 Å². The molecule has 0 radical (unpaired) electrons. The number of benzene rings is 3. The number of sulfonamides is 1. The summed E-state index contributed by atoms with van der Waals surface area (Å²) in [5, 5.41) is 0.222. The Balaban J connectivity index is 1.57. The molecular formula is C24H22Cl2FN3O3S. The van der Waals surface area contributed by atoms with Gasteiger partial charge in [-0.3, -0.25) is 9.10 Å². The lowest BCUT2D eigenvalue weighted by molar-refractivity contribution is -0.129. The minimum Gasteiger partial charge on any atom is -0.366 e. The predicted octanol–water partition coefficient (Wildman–Crippen LogP) is 4.68. The lowest BCUT2D eigenvalue weighted by atomic mass is 10.2. The Hall–Kier alpha value is -2.81. The molecule has 6 nitrogen and oxygen atoms in total. The summed E-state index contributed by atoms with van der Waals surface area (Å²) in [6, 6.07) is 18.9. The number of para-hydroxylation sites is 1. The molecule has 3 aromatic rings. The van der Waals surface area contributed by atoms with E-state index in [1.54, 1.807) is 53.4 Å². The zero-order valence-electron chi connectivity index (χ0n) is 18.1.